The maximum Gasteiger partial charge on any atom is 0.303 e. The number of carboxylic acids is 2. The van der Waals surface area contributed by atoms with E-state index in [-0.39, 0.29) is 12.8 Å². The van der Waals surface area contributed by atoms with Crippen LogP contribution in [0.1, 0.15) is 25.7 Å². The van der Waals surface area contributed by atoms with Crippen molar-refractivity contribution in [1.29, 1.82) is 0 Å². The molecule has 0 fully saturated rings. The molecule has 0 aliphatic carbocycles. The molecule has 0 radical (unpaired) electrons. The van der Waals surface area contributed by atoms with E-state index in [1.54, 1.807) is 0 Å². The summed E-state index contributed by atoms with van der Waals surface area (Å²) in [5.74, 6) is -1.77. The van der Waals surface area contributed by atoms with E-state index in [1.165, 1.54) is 0 Å². The van der Waals surface area contributed by atoms with Gasteiger partial charge in [0, 0.05) is 12.8 Å². The van der Waals surface area contributed by atoms with Crippen molar-refractivity contribution in [2.45, 2.75) is 25.7 Å². The van der Waals surface area contributed by atoms with Crippen molar-refractivity contribution in [3.05, 3.63) is 12.2 Å². The summed E-state index contributed by atoms with van der Waals surface area (Å²) in [6.07, 6.45) is 0.780. The lowest BCUT2D eigenvalue weighted by Crippen LogP contribution is -1.98. The van der Waals surface area contributed by atoms with Crippen molar-refractivity contribution in [3.8, 4) is 0 Å². The zero-order chi connectivity index (χ0) is 9.56. The third-order valence-electron chi connectivity index (χ3n) is 1.38. The summed E-state index contributed by atoms with van der Waals surface area (Å²) in [7, 11) is 0. The van der Waals surface area contributed by atoms with Gasteiger partial charge in [0.05, 0.1) is 0 Å². The van der Waals surface area contributed by atoms with Crippen LogP contribution in [0.25, 0.3) is 0 Å². The number of allylic oxidation sites excluding steroid dienone is 1. The quantitative estimate of drug-likeness (QED) is 0.591. The van der Waals surface area contributed by atoms with Gasteiger partial charge in [-0.05, 0) is 12.8 Å². The normalized spacial score (nSPS) is 9.33. The lowest BCUT2D eigenvalue weighted by molar-refractivity contribution is -0.137. The maximum absolute atomic E-state index is 10.1. The van der Waals surface area contributed by atoms with Crippen LogP contribution >= 0.6 is 0 Å². The van der Waals surface area contributed by atoms with Gasteiger partial charge in [0.1, 0.15) is 0 Å². The summed E-state index contributed by atoms with van der Waals surface area (Å²) in [5.41, 5.74) is 0.680. The van der Waals surface area contributed by atoms with E-state index in [9.17, 15) is 9.59 Å². The van der Waals surface area contributed by atoms with E-state index in [1.807, 2.05) is 0 Å². The van der Waals surface area contributed by atoms with Crippen molar-refractivity contribution in [3.63, 3.8) is 0 Å². The van der Waals surface area contributed by atoms with E-state index in [2.05, 4.69) is 6.58 Å². The van der Waals surface area contributed by atoms with Crippen LogP contribution < -0.4 is 0 Å². The average Bonchev–Trinajstić information content (AvgIpc) is 1.96. The third-order valence-corrected chi connectivity index (χ3v) is 1.38. The zero-order valence-electron chi connectivity index (χ0n) is 6.75. The van der Waals surface area contributed by atoms with Crippen molar-refractivity contribution < 1.29 is 19.8 Å². The predicted molar refractivity (Wildman–Crippen MR) is 42.9 cm³/mol. The molecule has 0 aliphatic heterocycles. The molecule has 0 saturated heterocycles. The molecule has 0 aromatic carbocycles. The van der Waals surface area contributed by atoms with Crippen LogP contribution in [0.2, 0.25) is 0 Å². The molecular formula is C8H12O4. The van der Waals surface area contributed by atoms with Gasteiger partial charge in [0.15, 0.2) is 0 Å². The second-order valence-electron chi connectivity index (χ2n) is 2.54. The van der Waals surface area contributed by atoms with E-state index in [4.69, 9.17) is 10.2 Å². The standard InChI is InChI=1S/C8H12O4/c1-6(2-4-7(9)10)3-5-8(11)12/h1-5H2,(H,9,10)(H,11,12). The van der Waals surface area contributed by atoms with E-state index < -0.39 is 11.9 Å². The van der Waals surface area contributed by atoms with Gasteiger partial charge < -0.3 is 10.2 Å². The Labute approximate surface area is 70.5 Å². The van der Waals surface area contributed by atoms with E-state index >= 15 is 0 Å². The Morgan fingerprint density at radius 1 is 0.917 bits per heavy atom. The highest BCUT2D eigenvalue weighted by molar-refractivity contribution is 5.68. The number of hydrogen-bond acceptors (Lipinski definition) is 2. The van der Waals surface area contributed by atoms with E-state index in [0.717, 1.165) is 0 Å². The Morgan fingerprint density at radius 2 is 1.25 bits per heavy atom. The van der Waals surface area contributed by atoms with Gasteiger partial charge in [-0.2, -0.15) is 0 Å². The molecule has 4 nitrogen and oxygen atoms in total. The highest BCUT2D eigenvalue weighted by Crippen LogP contribution is 2.09. The van der Waals surface area contributed by atoms with Crippen molar-refractivity contribution >= 4 is 11.9 Å². The van der Waals surface area contributed by atoms with Gasteiger partial charge in [-0.25, -0.2) is 0 Å². The minimum Gasteiger partial charge on any atom is -0.481 e. The molecule has 0 aromatic rings. The van der Waals surface area contributed by atoms with Crippen LogP contribution in [0, 0.1) is 0 Å². The number of carbonyl (C=O) groups is 2. The molecule has 68 valence electrons. The fraction of sp³-hybridized carbons (Fsp3) is 0.500. The summed E-state index contributed by atoms with van der Waals surface area (Å²) in [6.45, 7) is 3.57. The van der Waals surface area contributed by atoms with Crippen LogP contribution in [0.3, 0.4) is 0 Å². The Balaban J connectivity index is 3.47. The molecule has 0 rings (SSSR count). The first-order chi connectivity index (χ1) is 5.52. The average molecular weight is 172 g/mol. The van der Waals surface area contributed by atoms with Crippen molar-refractivity contribution in [1.82, 2.24) is 0 Å². The van der Waals surface area contributed by atoms with Gasteiger partial charge in [-0.1, -0.05) is 12.2 Å². The molecule has 0 bridgehead atoms. The Hall–Kier alpha value is -1.32. The summed E-state index contributed by atoms with van der Waals surface area (Å²) in [5, 5.41) is 16.6. The first-order valence-electron chi connectivity index (χ1n) is 3.62. The summed E-state index contributed by atoms with van der Waals surface area (Å²) in [6, 6.07) is 0. The maximum atomic E-state index is 10.1. The van der Waals surface area contributed by atoms with Crippen LogP contribution in [0.4, 0.5) is 0 Å². The SMILES string of the molecule is C=C(CCC(=O)O)CCC(=O)O. The molecular weight excluding hydrogens is 160 g/mol. The molecule has 0 aromatic heterocycles. The molecule has 0 saturated carbocycles. The number of rotatable bonds is 6. The molecule has 0 aliphatic rings. The summed E-state index contributed by atoms with van der Waals surface area (Å²) in [4.78, 5) is 20.2. The molecule has 4 heteroatoms. The second-order valence-corrected chi connectivity index (χ2v) is 2.54. The van der Waals surface area contributed by atoms with Crippen LogP contribution in [-0.4, -0.2) is 22.2 Å². The van der Waals surface area contributed by atoms with Gasteiger partial charge >= 0.3 is 11.9 Å². The minimum atomic E-state index is -0.883. The topological polar surface area (TPSA) is 74.6 Å². The van der Waals surface area contributed by atoms with E-state index in [0.29, 0.717) is 18.4 Å². The van der Waals surface area contributed by atoms with Crippen LogP contribution in [0.15, 0.2) is 12.2 Å². The van der Waals surface area contributed by atoms with Gasteiger partial charge in [0.25, 0.3) is 0 Å². The molecule has 0 atom stereocenters. The van der Waals surface area contributed by atoms with Crippen molar-refractivity contribution in [2.24, 2.45) is 0 Å². The number of carboxylic acid groups (broad SMARTS) is 2. The second kappa shape index (κ2) is 5.35. The third kappa shape index (κ3) is 6.80. The molecule has 0 heterocycles. The lowest BCUT2D eigenvalue weighted by Gasteiger charge is -1.99. The Bertz CT molecular complexity index is 175. The molecule has 2 N–H and O–H groups in total. The molecule has 0 unspecified atom stereocenters. The van der Waals surface area contributed by atoms with Gasteiger partial charge in [0.2, 0.25) is 0 Å². The van der Waals surface area contributed by atoms with Gasteiger partial charge in [-0.3, -0.25) is 9.59 Å². The summed E-state index contributed by atoms with van der Waals surface area (Å²) >= 11 is 0. The fourth-order valence-electron chi connectivity index (χ4n) is 0.692. The van der Waals surface area contributed by atoms with Crippen LogP contribution in [-0.2, 0) is 9.59 Å². The predicted octanol–water partition coefficient (Wildman–Crippen LogP) is 1.27. The summed E-state index contributed by atoms with van der Waals surface area (Å²) < 4.78 is 0. The lowest BCUT2D eigenvalue weighted by atomic mass is 10.1. The Kier molecular flexibility index (Phi) is 4.76. The zero-order valence-corrected chi connectivity index (χ0v) is 6.75. The first kappa shape index (κ1) is 10.7. The fourth-order valence-corrected chi connectivity index (χ4v) is 0.692. The smallest absolute Gasteiger partial charge is 0.303 e. The number of aliphatic carboxylic acids is 2. The van der Waals surface area contributed by atoms with Gasteiger partial charge in [-0.15, -0.1) is 0 Å². The molecule has 0 spiro atoms. The van der Waals surface area contributed by atoms with Crippen LogP contribution in [0.5, 0.6) is 0 Å². The highest BCUT2D eigenvalue weighted by atomic mass is 16.4. The van der Waals surface area contributed by atoms with Crippen molar-refractivity contribution in [2.75, 3.05) is 0 Å². The monoisotopic (exact) mass is 172 g/mol. The first-order valence-corrected chi connectivity index (χ1v) is 3.62. The minimum absolute atomic E-state index is 0.0262. The molecule has 12 heavy (non-hydrogen) atoms. The largest absolute Gasteiger partial charge is 0.481 e. The Morgan fingerprint density at radius 3 is 1.50 bits per heavy atom. The highest BCUT2D eigenvalue weighted by Gasteiger charge is 2.02. The molecule has 0 amide bonds. The number of hydrogen-bond donors (Lipinski definition) is 2.